The van der Waals surface area contributed by atoms with Crippen molar-refractivity contribution in [3.05, 3.63) is 42.6 Å². The number of pyridine rings is 2. The van der Waals surface area contributed by atoms with Crippen LogP contribution >= 0.6 is 11.8 Å². The average Bonchev–Trinajstić information content (AvgIpc) is 3.54. The van der Waals surface area contributed by atoms with Gasteiger partial charge in [0.05, 0.1) is 36.3 Å². The van der Waals surface area contributed by atoms with Gasteiger partial charge in [-0.25, -0.2) is 9.78 Å². The molecule has 0 aliphatic carbocycles. The number of ether oxygens (including phenoxy) is 2. The predicted octanol–water partition coefficient (Wildman–Crippen LogP) is 3.27. The number of rotatable bonds is 7. The van der Waals surface area contributed by atoms with E-state index in [9.17, 15) is 9.59 Å². The van der Waals surface area contributed by atoms with Gasteiger partial charge in [-0.15, -0.1) is 11.8 Å². The Morgan fingerprint density at radius 2 is 2.14 bits per heavy atom. The van der Waals surface area contributed by atoms with E-state index in [0.29, 0.717) is 24.2 Å². The van der Waals surface area contributed by atoms with Crippen LogP contribution in [0.3, 0.4) is 0 Å². The lowest BCUT2D eigenvalue weighted by Gasteiger charge is -2.21. The number of amides is 2. The summed E-state index contributed by atoms with van der Waals surface area (Å²) >= 11 is 1.50. The van der Waals surface area contributed by atoms with Gasteiger partial charge in [0.15, 0.2) is 0 Å². The predicted molar refractivity (Wildman–Crippen MR) is 143 cm³/mol. The van der Waals surface area contributed by atoms with Gasteiger partial charge < -0.3 is 25.0 Å². The number of hydrogen-bond acceptors (Lipinski definition) is 9. The molecule has 10 nitrogen and oxygen atoms in total. The Hall–Kier alpha value is -3.57. The molecule has 0 saturated carbocycles. The summed E-state index contributed by atoms with van der Waals surface area (Å²) in [5, 5.41) is 6.51. The highest BCUT2D eigenvalue weighted by atomic mass is 32.2. The topological polar surface area (TPSA) is 109 Å². The normalized spacial score (nSPS) is 21.2. The first-order valence-electron chi connectivity index (χ1n) is 12.4. The Kier molecular flexibility index (Phi) is 6.47. The van der Waals surface area contributed by atoms with Crippen LogP contribution in [0.5, 0.6) is 5.88 Å². The van der Waals surface area contributed by atoms with Crippen molar-refractivity contribution in [1.82, 2.24) is 15.3 Å². The third-order valence-corrected chi connectivity index (χ3v) is 8.03. The first kappa shape index (κ1) is 23.8. The van der Waals surface area contributed by atoms with Crippen LogP contribution in [0.4, 0.5) is 21.9 Å². The number of thioether (sulfide) groups is 1. The zero-order chi connectivity index (χ0) is 25.4. The fraction of sp³-hybridized carbons (Fsp3) is 0.385. The lowest BCUT2D eigenvalue weighted by molar-refractivity contribution is -0.113. The minimum atomic E-state index is -0.348. The molecule has 3 aliphatic heterocycles. The number of benzene rings is 1. The molecule has 0 unspecified atom stereocenters. The molecule has 2 atom stereocenters. The van der Waals surface area contributed by atoms with E-state index in [1.165, 1.54) is 11.8 Å². The van der Waals surface area contributed by atoms with Gasteiger partial charge >= 0.3 is 6.09 Å². The van der Waals surface area contributed by atoms with Gasteiger partial charge in [0.2, 0.25) is 11.8 Å². The fourth-order valence-electron chi connectivity index (χ4n) is 5.08. The van der Waals surface area contributed by atoms with Crippen LogP contribution in [-0.2, 0) is 9.53 Å². The van der Waals surface area contributed by atoms with E-state index in [2.05, 4.69) is 25.5 Å². The molecule has 2 saturated heterocycles. The number of anilines is 3. The van der Waals surface area contributed by atoms with Gasteiger partial charge in [-0.05, 0) is 49.7 Å². The average molecular weight is 521 g/mol. The quantitative estimate of drug-likeness (QED) is 0.485. The molecule has 2 aromatic heterocycles. The molecule has 11 heteroatoms. The summed E-state index contributed by atoms with van der Waals surface area (Å²) in [6.45, 7) is 3.04. The Labute approximate surface area is 218 Å². The van der Waals surface area contributed by atoms with E-state index in [1.807, 2.05) is 42.6 Å². The zero-order valence-electron chi connectivity index (χ0n) is 20.5. The van der Waals surface area contributed by atoms with E-state index in [-0.39, 0.29) is 18.1 Å². The third kappa shape index (κ3) is 4.88. The molecule has 1 aromatic carbocycles. The van der Waals surface area contributed by atoms with Crippen LogP contribution in [0.1, 0.15) is 12.8 Å². The van der Waals surface area contributed by atoms with Crippen LogP contribution in [0.2, 0.25) is 0 Å². The Morgan fingerprint density at radius 1 is 1.22 bits per heavy atom. The van der Waals surface area contributed by atoms with E-state index >= 15 is 0 Å². The standard InChI is InChI=1S/C26H28N6O4S/c1-35-24-5-3-19-25(30-24)21(7-10-28-19)31-11-8-16(13-31)27-9-6-18-14-32(26(34)36-18)17-2-4-22-20(12-17)29-23(33)15-37-22/h2-5,7,10,12,16,18,27H,6,8-9,11,13-15H2,1H3,(H,29,33)/t16-,18+/m1/s1. The van der Waals surface area contributed by atoms with Crippen LogP contribution in [0, 0.1) is 0 Å². The molecule has 0 spiro atoms. The molecule has 37 heavy (non-hydrogen) atoms. The summed E-state index contributed by atoms with van der Waals surface area (Å²) in [4.78, 5) is 38.3. The molecule has 2 fully saturated rings. The van der Waals surface area contributed by atoms with Crippen molar-refractivity contribution in [1.29, 1.82) is 0 Å². The van der Waals surface area contributed by atoms with E-state index in [0.717, 1.165) is 65.5 Å². The summed E-state index contributed by atoms with van der Waals surface area (Å²) in [5.41, 5.74) is 4.25. The van der Waals surface area contributed by atoms with Crippen LogP contribution in [0.15, 0.2) is 47.5 Å². The molecule has 192 valence electrons. The van der Waals surface area contributed by atoms with Gasteiger partial charge in [-0.3, -0.25) is 14.7 Å². The maximum absolute atomic E-state index is 12.6. The van der Waals surface area contributed by atoms with Crippen molar-refractivity contribution in [3.63, 3.8) is 0 Å². The Morgan fingerprint density at radius 3 is 3.03 bits per heavy atom. The van der Waals surface area contributed by atoms with Crippen LogP contribution in [-0.4, -0.2) is 73.2 Å². The highest BCUT2D eigenvalue weighted by Gasteiger charge is 2.33. The van der Waals surface area contributed by atoms with Crippen molar-refractivity contribution in [2.75, 3.05) is 54.2 Å². The monoisotopic (exact) mass is 520 g/mol. The number of nitrogens with zero attached hydrogens (tertiary/aromatic N) is 4. The summed E-state index contributed by atoms with van der Waals surface area (Å²) in [6, 6.07) is 11.8. The first-order valence-corrected chi connectivity index (χ1v) is 13.4. The fourth-order valence-corrected chi connectivity index (χ4v) is 5.87. The van der Waals surface area contributed by atoms with Crippen LogP contribution < -0.4 is 25.2 Å². The summed E-state index contributed by atoms with van der Waals surface area (Å²) in [7, 11) is 1.62. The van der Waals surface area contributed by atoms with Crippen molar-refractivity contribution >= 4 is 51.9 Å². The first-order chi connectivity index (χ1) is 18.1. The van der Waals surface area contributed by atoms with E-state index in [4.69, 9.17) is 9.47 Å². The number of fused-ring (bicyclic) bond motifs is 2. The molecule has 3 aliphatic rings. The second-order valence-corrected chi connectivity index (χ2v) is 10.4. The van der Waals surface area contributed by atoms with Crippen molar-refractivity contribution < 1.29 is 19.1 Å². The number of methoxy groups -OCH3 is 1. The second-order valence-electron chi connectivity index (χ2n) is 9.36. The minimum absolute atomic E-state index is 0.0267. The highest BCUT2D eigenvalue weighted by Crippen LogP contribution is 2.35. The van der Waals surface area contributed by atoms with Crippen molar-refractivity contribution in [2.24, 2.45) is 0 Å². The lowest BCUT2D eigenvalue weighted by Crippen LogP contribution is -2.35. The van der Waals surface area contributed by atoms with Gasteiger partial charge in [-0.1, -0.05) is 0 Å². The lowest BCUT2D eigenvalue weighted by atomic mass is 10.2. The molecule has 5 heterocycles. The number of nitrogens with one attached hydrogen (secondary N) is 2. The van der Waals surface area contributed by atoms with Gasteiger partial charge in [-0.2, -0.15) is 0 Å². The largest absolute Gasteiger partial charge is 0.481 e. The summed E-state index contributed by atoms with van der Waals surface area (Å²) in [6.07, 6.45) is 3.04. The summed E-state index contributed by atoms with van der Waals surface area (Å²) in [5.74, 6) is 0.965. The third-order valence-electron chi connectivity index (χ3n) is 6.96. The van der Waals surface area contributed by atoms with Gasteiger partial charge in [0, 0.05) is 42.0 Å². The highest BCUT2D eigenvalue weighted by molar-refractivity contribution is 8.00. The maximum Gasteiger partial charge on any atom is 0.414 e. The number of carbonyl (C=O) groups excluding carboxylic acids is 2. The number of hydrogen-bond donors (Lipinski definition) is 2. The zero-order valence-corrected chi connectivity index (χ0v) is 21.3. The molecular formula is C26H28N6O4S. The molecule has 2 N–H and O–H groups in total. The smallest absolute Gasteiger partial charge is 0.414 e. The molecule has 3 aromatic rings. The second kappa shape index (κ2) is 10.1. The molecule has 0 radical (unpaired) electrons. The number of carbonyl (C=O) groups is 2. The van der Waals surface area contributed by atoms with Crippen LogP contribution in [0.25, 0.3) is 11.0 Å². The molecule has 0 bridgehead atoms. The number of aromatic nitrogens is 2. The van der Waals surface area contributed by atoms with Gasteiger partial charge in [0.1, 0.15) is 11.6 Å². The van der Waals surface area contributed by atoms with Crippen molar-refractivity contribution in [3.8, 4) is 5.88 Å². The SMILES string of the molecule is COc1ccc2nccc(N3CC[C@@H](NCC[C@H]4CN(c5ccc6c(c5)NC(=O)CS6)C(=O)O4)C3)c2n1. The summed E-state index contributed by atoms with van der Waals surface area (Å²) < 4.78 is 10.9. The molecule has 2 amide bonds. The maximum atomic E-state index is 12.6. The van der Waals surface area contributed by atoms with E-state index < -0.39 is 0 Å². The minimum Gasteiger partial charge on any atom is -0.481 e. The molecular weight excluding hydrogens is 492 g/mol. The Bertz CT molecular complexity index is 1350. The van der Waals surface area contributed by atoms with Gasteiger partial charge in [0.25, 0.3) is 0 Å². The van der Waals surface area contributed by atoms with E-state index in [1.54, 1.807) is 12.0 Å². The number of cyclic esters (lactones) is 1. The Balaban J connectivity index is 1.03. The van der Waals surface area contributed by atoms with Crippen molar-refractivity contribution in [2.45, 2.75) is 29.9 Å². The molecule has 6 rings (SSSR count).